The summed E-state index contributed by atoms with van der Waals surface area (Å²) in [6.45, 7) is 1.04. The van der Waals surface area contributed by atoms with Gasteiger partial charge in [-0.05, 0) is 49.1 Å². The van der Waals surface area contributed by atoms with E-state index in [9.17, 15) is 9.59 Å². The van der Waals surface area contributed by atoms with Gasteiger partial charge in [0.15, 0.2) is 5.43 Å². The van der Waals surface area contributed by atoms with E-state index in [0.29, 0.717) is 10.8 Å². The van der Waals surface area contributed by atoms with Crippen LogP contribution in [0.25, 0.3) is 21.8 Å². The molecule has 0 N–H and O–H groups in total. The number of hydrogen-bond donors (Lipinski definition) is 0. The second-order valence-electron chi connectivity index (χ2n) is 8.02. The lowest BCUT2D eigenvalue weighted by Crippen LogP contribution is -2.39. The van der Waals surface area contributed by atoms with Gasteiger partial charge in [-0.2, -0.15) is 0 Å². The highest BCUT2D eigenvalue weighted by Gasteiger charge is 2.29. The number of nitrogens with zero attached hydrogens (tertiary/aromatic N) is 2. The molecule has 5 rings (SSSR count). The molecule has 0 saturated carbocycles. The number of aromatic nitrogens is 1. The molecule has 1 fully saturated rings. The SMILES string of the molecule is O=C(Cn1c2ccccc2c(=O)c2ccccc21)N1CCC[C@H]1Cc1ccccc1. The molecular weight excluding hydrogens is 372 g/mol. The summed E-state index contributed by atoms with van der Waals surface area (Å²) in [5, 5.41) is 1.32. The van der Waals surface area contributed by atoms with Crippen LogP contribution in [0, 0.1) is 0 Å². The maximum atomic E-state index is 13.4. The maximum absolute atomic E-state index is 13.4. The van der Waals surface area contributed by atoms with E-state index in [1.807, 2.05) is 64.1 Å². The minimum atomic E-state index is 0.0213. The van der Waals surface area contributed by atoms with Crippen LogP contribution in [0.1, 0.15) is 18.4 Å². The molecule has 0 aliphatic carbocycles. The molecule has 2 heterocycles. The van der Waals surface area contributed by atoms with Crippen molar-refractivity contribution >= 4 is 27.7 Å². The van der Waals surface area contributed by atoms with Gasteiger partial charge in [0.05, 0.1) is 11.0 Å². The molecule has 1 aromatic heterocycles. The van der Waals surface area contributed by atoms with Gasteiger partial charge in [-0.15, -0.1) is 0 Å². The van der Waals surface area contributed by atoms with Gasteiger partial charge >= 0.3 is 0 Å². The zero-order chi connectivity index (χ0) is 20.5. The molecule has 0 radical (unpaired) electrons. The van der Waals surface area contributed by atoms with Crippen molar-refractivity contribution in [3.05, 3.63) is 94.6 Å². The topological polar surface area (TPSA) is 42.3 Å². The highest BCUT2D eigenvalue weighted by Crippen LogP contribution is 2.24. The van der Waals surface area contributed by atoms with Crippen LogP contribution in [-0.4, -0.2) is 28.0 Å². The van der Waals surface area contributed by atoms with Gasteiger partial charge < -0.3 is 9.47 Å². The molecule has 4 aromatic rings. The summed E-state index contributed by atoms with van der Waals surface area (Å²) in [6.07, 6.45) is 2.96. The summed E-state index contributed by atoms with van der Waals surface area (Å²) >= 11 is 0. The summed E-state index contributed by atoms with van der Waals surface area (Å²) in [4.78, 5) is 28.4. The first-order chi connectivity index (χ1) is 14.7. The molecule has 1 atom stereocenters. The molecule has 4 heteroatoms. The molecule has 150 valence electrons. The standard InChI is InChI=1S/C26H24N2O2/c29-25(27-16-8-11-20(27)17-19-9-2-1-3-10-19)18-28-23-14-6-4-12-21(23)26(30)22-13-5-7-15-24(22)28/h1-7,9-10,12-15,20H,8,11,16-18H2/t20-/m0/s1. The molecule has 1 saturated heterocycles. The van der Waals surface area contributed by atoms with Gasteiger partial charge in [0.1, 0.15) is 6.54 Å². The van der Waals surface area contributed by atoms with Crippen LogP contribution in [-0.2, 0) is 17.8 Å². The average molecular weight is 396 g/mol. The van der Waals surface area contributed by atoms with Crippen molar-refractivity contribution in [3.63, 3.8) is 0 Å². The van der Waals surface area contributed by atoms with Gasteiger partial charge in [0, 0.05) is 23.4 Å². The molecule has 0 unspecified atom stereocenters. The van der Waals surface area contributed by atoms with Crippen LogP contribution in [0.2, 0.25) is 0 Å². The predicted molar refractivity (Wildman–Crippen MR) is 121 cm³/mol. The van der Waals surface area contributed by atoms with Gasteiger partial charge in [0.25, 0.3) is 0 Å². The van der Waals surface area contributed by atoms with E-state index < -0.39 is 0 Å². The van der Waals surface area contributed by atoms with E-state index in [-0.39, 0.29) is 23.9 Å². The second-order valence-corrected chi connectivity index (χ2v) is 8.02. The van der Waals surface area contributed by atoms with Crippen LogP contribution >= 0.6 is 0 Å². The molecule has 0 spiro atoms. The Morgan fingerprint density at radius 2 is 1.43 bits per heavy atom. The van der Waals surface area contributed by atoms with Crippen molar-refractivity contribution in [1.29, 1.82) is 0 Å². The third kappa shape index (κ3) is 3.28. The quantitative estimate of drug-likeness (QED) is 0.480. The number of likely N-dealkylation sites (tertiary alicyclic amines) is 1. The summed E-state index contributed by atoms with van der Waals surface area (Å²) in [7, 11) is 0. The van der Waals surface area contributed by atoms with E-state index in [1.54, 1.807) is 0 Å². The van der Waals surface area contributed by atoms with Crippen molar-refractivity contribution in [3.8, 4) is 0 Å². The smallest absolute Gasteiger partial charge is 0.242 e. The fourth-order valence-electron chi connectivity index (χ4n) is 4.74. The number of carbonyl (C=O) groups excluding carboxylic acids is 1. The number of amides is 1. The Kier molecular flexibility index (Phi) is 4.83. The first-order valence-corrected chi connectivity index (χ1v) is 10.6. The third-order valence-electron chi connectivity index (χ3n) is 6.18. The van der Waals surface area contributed by atoms with Gasteiger partial charge in [-0.3, -0.25) is 9.59 Å². The molecule has 1 aliphatic heterocycles. The Bertz CT molecular complexity index is 1220. The molecule has 3 aromatic carbocycles. The first kappa shape index (κ1) is 18.6. The lowest BCUT2D eigenvalue weighted by atomic mass is 10.0. The fourth-order valence-corrected chi connectivity index (χ4v) is 4.74. The number of carbonyl (C=O) groups is 1. The molecule has 0 bridgehead atoms. The van der Waals surface area contributed by atoms with Crippen molar-refractivity contribution in [1.82, 2.24) is 9.47 Å². The highest BCUT2D eigenvalue weighted by atomic mass is 16.2. The van der Waals surface area contributed by atoms with E-state index in [1.165, 1.54) is 5.56 Å². The number of benzene rings is 3. The lowest BCUT2D eigenvalue weighted by molar-refractivity contribution is -0.132. The highest BCUT2D eigenvalue weighted by molar-refractivity contribution is 5.94. The number of para-hydroxylation sites is 2. The van der Waals surface area contributed by atoms with Gasteiger partial charge in [-0.1, -0.05) is 54.6 Å². The monoisotopic (exact) mass is 396 g/mol. The van der Waals surface area contributed by atoms with Crippen molar-refractivity contribution in [2.24, 2.45) is 0 Å². The summed E-state index contributed by atoms with van der Waals surface area (Å²) in [5.74, 6) is 0.118. The van der Waals surface area contributed by atoms with Crippen molar-refractivity contribution < 1.29 is 4.79 Å². The molecular formula is C26H24N2O2. The minimum absolute atomic E-state index is 0.0213. The van der Waals surface area contributed by atoms with E-state index in [0.717, 1.165) is 36.8 Å². The number of fused-ring (bicyclic) bond motifs is 2. The Hall–Kier alpha value is -3.40. The zero-order valence-corrected chi connectivity index (χ0v) is 16.8. The number of rotatable bonds is 4. The molecule has 30 heavy (non-hydrogen) atoms. The van der Waals surface area contributed by atoms with E-state index in [4.69, 9.17) is 0 Å². The Labute approximate surface area is 175 Å². The van der Waals surface area contributed by atoms with Crippen LogP contribution in [0.4, 0.5) is 0 Å². The minimum Gasteiger partial charge on any atom is -0.338 e. The first-order valence-electron chi connectivity index (χ1n) is 10.6. The van der Waals surface area contributed by atoms with Gasteiger partial charge in [0.2, 0.25) is 5.91 Å². The number of pyridine rings is 1. The third-order valence-corrected chi connectivity index (χ3v) is 6.18. The summed E-state index contributed by atoms with van der Waals surface area (Å²) in [6, 6.07) is 25.8. The van der Waals surface area contributed by atoms with Crippen molar-refractivity contribution in [2.75, 3.05) is 6.54 Å². The molecule has 4 nitrogen and oxygen atoms in total. The normalized spacial score (nSPS) is 16.4. The van der Waals surface area contributed by atoms with Crippen LogP contribution in [0.3, 0.4) is 0 Å². The molecule has 1 aliphatic rings. The summed E-state index contributed by atoms with van der Waals surface area (Å²) in [5.41, 5.74) is 2.91. The Morgan fingerprint density at radius 1 is 0.833 bits per heavy atom. The molecule has 1 amide bonds. The maximum Gasteiger partial charge on any atom is 0.242 e. The summed E-state index contributed by atoms with van der Waals surface area (Å²) < 4.78 is 2.01. The Balaban J connectivity index is 1.51. The largest absolute Gasteiger partial charge is 0.338 e. The van der Waals surface area contributed by atoms with E-state index >= 15 is 0 Å². The number of hydrogen-bond acceptors (Lipinski definition) is 2. The zero-order valence-electron chi connectivity index (χ0n) is 16.8. The average Bonchev–Trinajstić information content (AvgIpc) is 3.25. The van der Waals surface area contributed by atoms with Crippen molar-refractivity contribution in [2.45, 2.75) is 31.8 Å². The van der Waals surface area contributed by atoms with Crippen LogP contribution in [0.5, 0.6) is 0 Å². The predicted octanol–water partition coefficient (Wildman–Crippen LogP) is 4.39. The van der Waals surface area contributed by atoms with Gasteiger partial charge in [-0.25, -0.2) is 0 Å². The van der Waals surface area contributed by atoms with E-state index in [2.05, 4.69) is 24.3 Å². The Morgan fingerprint density at radius 3 is 2.10 bits per heavy atom. The lowest BCUT2D eigenvalue weighted by Gasteiger charge is -2.26. The van der Waals surface area contributed by atoms with Crippen LogP contribution < -0.4 is 5.43 Å². The second kappa shape index (κ2) is 7.79. The fraction of sp³-hybridized carbons (Fsp3) is 0.231. The van der Waals surface area contributed by atoms with Crippen LogP contribution in [0.15, 0.2) is 83.7 Å².